The number of sulfone groups is 1. The maximum Gasteiger partial charge on any atom is 0.159 e. The van der Waals surface area contributed by atoms with E-state index in [-0.39, 0.29) is 11.0 Å². The van der Waals surface area contributed by atoms with Gasteiger partial charge in [-0.05, 0) is 26.7 Å². The highest BCUT2D eigenvalue weighted by Crippen LogP contribution is 2.42. The fraction of sp³-hybridized carbons (Fsp3) is 0.636. The molecule has 4 nitrogen and oxygen atoms in total. The molecule has 0 saturated heterocycles. The molecule has 2 rings (SSSR count). The quantitative estimate of drug-likeness (QED) is 0.842. The van der Waals surface area contributed by atoms with Gasteiger partial charge in [0.2, 0.25) is 0 Å². The largest absolute Gasteiger partial charge is 0.389 e. The third kappa shape index (κ3) is 2.89. The lowest BCUT2D eigenvalue weighted by Crippen LogP contribution is -2.15. The Morgan fingerprint density at radius 2 is 2.17 bits per heavy atom. The van der Waals surface area contributed by atoms with E-state index < -0.39 is 9.84 Å². The lowest BCUT2D eigenvalue weighted by Gasteiger charge is -2.04. The van der Waals surface area contributed by atoms with Crippen molar-refractivity contribution in [1.29, 1.82) is 0 Å². The van der Waals surface area contributed by atoms with Crippen LogP contribution in [0.5, 0.6) is 0 Å². The maximum absolute atomic E-state index is 11.9. The van der Waals surface area contributed by atoms with Crippen molar-refractivity contribution >= 4 is 38.4 Å². The molecule has 1 aliphatic carbocycles. The molecule has 1 fully saturated rings. The molecule has 0 amide bonds. The fourth-order valence-electron chi connectivity index (χ4n) is 1.59. The number of thiazole rings is 1. The van der Waals surface area contributed by atoms with Crippen LogP contribution in [-0.2, 0) is 15.6 Å². The number of rotatable bonds is 5. The van der Waals surface area contributed by atoms with Gasteiger partial charge in [0, 0.05) is 5.92 Å². The second kappa shape index (κ2) is 4.86. The lowest BCUT2D eigenvalue weighted by molar-refractivity contribution is 0.586. The third-order valence-electron chi connectivity index (χ3n) is 2.93. The van der Waals surface area contributed by atoms with Crippen molar-refractivity contribution in [2.45, 2.75) is 43.6 Å². The molecule has 0 aliphatic heterocycles. The Hall–Kier alpha value is -0.530. The van der Waals surface area contributed by atoms with Gasteiger partial charge in [0.1, 0.15) is 15.7 Å². The highest BCUT2D eigenvalue weighted by Gasteiger charge is 2.31. The zero-order chi connectivity index (χ0) is 13.5. The molecule has 0 aromatic carbocycles. The zero-order valence-corrected chi connectivity index (χ0v) is 12.8. The SMILES string of the molecule is CC(C)S(=O)(=O)Cc1nc(C2CC2)c(C(N)=S)s1. The van der Waals surface area contributed by atoms with E-state index in [1.165, 1.54) is 11.3 Å². The first-order chi connectivity index (χ1) is 8.31. The molecule has 1 saturated carbocycles. The van der Waals surface area contributed by atoms with Crippen LogP contribution in [0.1, 0.15) is 48.2 Å². The van der Waals surface area contributed by atoms with Crippen molar-refractivity contribution in [2.75, 3.05) is 0 Å². The minimum atomic E-state index is -3.12. The normalized spacial score (nSPS) is 16.2. The van der Waals surface area contributed by atoms with E-state index >= 15 is 0 Å². The molecular formula is C11H16N2O2S3. The molecule has 1 heterocycles. The van der Waals surface area contributed by atoms with Crippen LogP contribution in [0, 0.1) is 0 Å². The Kier molecular flexibility index (Phi) is 3.75. The molecule has 0 spiro atoms. The summed E-state index contributed by atoms with van der Waals surface area (Å²) in [6.45, 7) is 3.36. The van der Waals surface area contributed by atoms with E-state index in [1.54, 1.807) is 13.8 Å². The van der Waals surface area contributed by atoms with Gasteiger partial charge in [-0.3, -0.25) is 0 Å². The highest BCUT2D eigenvalue weighted by molar-refractivity contribution is 7.91. The van der Waals surface area contributed by atoms with Gasteiger partial charge in [-0.25, -0.2) is 13.4 Å². The molecule has 0 bridgehead atoms. The summed E-state index contributed by atoms with van der Waals surface area (Å²) >= 11 is 6.33. The van der Waals surface area contributed by atoms with Gasteiger partial charge in [0.15, 0.2) is 9.84 Å². The van der Waals surface area contributed by atoms with Gasteiger partial charge in [-0.15, -0.1) is 11.3 Å². The fourth-order valence-corrected chi connectivity index (χ4v) is 4.09. The third-order valence-corrected chi connectivity index (χ3v) is 6.66. The van der Waals surface area contributed by atoms with Crippen LogP contribution in [0.3, 0.4) is 0 Å². The van der Waals surface area contributed by atoms with Gasteiger partial charge in [0.05, 0.1) is 15.8 Å². The number of thiocarbonyl (C=S) groups is 1. The van der Waals surface area contributed by atoms with E-state index in [0.717, 1.165) is 23.4 Å². The van der Waals surface area contributed by atoms with Crippen molar-refractivity contribution in [3.05, 3.63) is 15.6 Å². The standard InChI is InChI=1S/C11H16N2O2S3/c1-6(2)18(14,15)5-8-13-9(7-3-4-7)10(17-8)11(12)16/h6-7H,3-5H2,1-2H3,(H2,12,16). The summed E-state index contributed by atoms with van der Waals surface area (Å²) in [5.74, 6) is 0.408. The van der Waals surface area contributed by atoms with Crippen molar-refractivity contribution in [3.63, 3.8) is 0 Å². The Morgan fingerprint density at radius 1 is 1.56 bits per heavy atom. The Morgan fingerprint density at radius 3 is 2.61 bits per heavy atom. The van der Waals surface area contributed by atoms with Crippen LogP contribution in [0.4, 0.5) is 0 Å². The van der Waals surface area contributed by atoms with Crippen LogP contribution in [0.2, 0.25) is 0 Å². The molecule has 1 aromatic heterocycles. The van der Waals surface area contributed by atoms with E-state index in [4.69, 9.17) is 18.0 Å². The average molecular weight is 304 g/mol. The van der Waals surface area contributed by atoms with Crippen molar-refractivity contribution in [3.8, 4) is 0 Å². The van der Waals surface area contributed by atoms with Gasteiger partial charge < -0.3 is 5.73 Å². The first-order valence-electron chi connectivity index (χ1n) is 5.82. The molecule has 2 N–H and O–H groups in total. The van der Waals surface area contributed by atoms with E-state index in [1.807, 2.05) is 0 Å². The first-order valence-corrected chi connectivity index (χ1v) is 8.76. The molecule has 0 atom stereocenters. The summed E-state index contributed by atoms with van der Waals surface area (Å²) in [4.78, 5) is 5.55. The van der Waals surface area contributed by atoms with E-state index in [2.05, 4.69) is 4.98 Å². The first kappa shape index (κ1) is 13.9. The molecule has 0 unspecified atom stereocenters. The number of nitrogens with zero attached hydrogens (tertiary/aromatic N) is 1. The van der Waals surface area contributed by atoms with E-state index in [0.29, 0.717) is 15.9 Å². The predicted octanol–water partition coefficient (Wildman–Crippen LogP) is 1.98. The second-order valence-corrected chi connectivity index (χ2v) is 8.90. The minimum absolute atomic E-state index is 0.0162. The smallest absolute Gasteiger partial charge is 0.159 e. The maximum atomic E-state index is 11.9. The number of hydrogen-bond acceptors (Lipinski definition) is 5. The molecule has 1 aromatic rings. The summed E-state index contributed by atoms with van der Waals surface area (Å²) in [7, 11) is -3.12. The molecule has 0 radical (unpaired) electrons. The van der Waals surface area contributed by atoms with E-state index in [9.17, 15) is 8.42 Å². The molecule has 7 heteroatoms. The van der Waals surface area contributed by atoms with Gasteiger partial charge in [-0.1, -0.05) is 12.2 Å². The van der Waals surface area contributed by atoms with Crippen LogP contribution in [-0.4, -0.2) is 23.6 Å². The highest BCUT2D eigenvalue weighted by atomic mass is 32.2. The Labute approximate surface area is 117 Å². The Balaban J connectivity index is 2.30. The second-order valence-electron chi connectivity index (χ2n) is 4.82. The summed E-state index contributed by atoms with van der Waals surface area (Å²) in [5, 5.41) is 0.215. The average Bonchev–Trinajstić information content (AvgIpc) is 3.00. The van der Waals surface area contributed by atoms with Gasteiger partial charge in [-0.2, -0.15) is 0 Å². The van der Waals surface area contributed by atoms with Gasteiger partial charge >= 0.3 is 0 Å². The monoisotopic (exact) mass is 304 g/mol. The number of nitrogens with two attached hydrogens (primary N) is 1. The topological polar surface area (TPSA) is 73.0 Å². The van der Waals surface area contributed by atoms with Crippen LogP contribution < -0.4 is 5.73 Å². The summed E-state index contributed by atoms with van der Waals surface area (Å²) < 4.78 is 23.8. The van der Waals surface area contributed by atoms with Crippen LogP contribution in [0.25, 0.3) is 0 Å². The summed E-state index contributed by atoms with van der Waals surface area (Å²) in [5.41, 5.74) is 6.57. The molecular weight excluding hydrogens is 288 g/mol. The van der Waals surface area contributed by atoms with Crippen molar-refractivity contribution in [1.82, 2.24) is 4.98 Å². The molecule has 1 aliphatic rings. The lowest BCUT2D eigenvalue weighted by atomic mass is 10.2. The number of hydrogen-bond donors (Lipinski definition) is 1. The number of aromatic nitrogens is 1. The molecule has 100 valence electrons. The minimum Gasteiger partial charge on any atom is -0.389 e. The predicted molar refractivity (Wildman–Crippen MR) is 77.7 cm³/mol. The van der Waals surface area contributed by atoms with Crippen molar-refractivity contribution in [2.24, 2.45) is 5.73 Å². The van der Waals surface area contributed by atoms with Crippen LogP contribution >= 0.6 is 23.6 Å². The summed E-state index contributed by atoms with van der Waals surface area (Å²) in [6.07, 6.45) is 2.19. The Bertz CT molecular complexity index is 571. The zero-order valence-electron chi connectivity index (χ0n) is 10.3. The van der Waals surface area contributed by atoms with Crippen molar-refractivity contribution < 1.29 is 8.42 Å². The van der Waals surface area contributed by atoms with Crippen LogP contribution in [0.15, 0.2) is 0 Å². The summed E-state index contributed by atoms with van der Waals surface area (Å²) in [6, 6.07) is 0. The molecule has 18 heavy (non-hydrogen) atoms. The van der Waals surface area contributed by atoms with Gasteiger partial charge in [0.25, 0.3) is 0 Å².